The Labute approximate surface area is 183 Å². The van der Waals surface area contributed by atoms with Crippen LogP contribution in [0.4, 0.5) is 0 Å². The normalized spacial score (nSPS) is 24.5. The fourth-order valence-electron chi connectivity index (χ4n) is 4.93. The summed E-state index contributed by atoms with van der Waals surface area (Å²) >= 11 is 0. The topological polar surface area (TPSA) is 124 Å². The van der Waals surface area contributed by atoms with Crippen LogP contribution in [0.1, 0.15) is 71.0 Å². The molecule has 1 aromatic heterocycles. The molecule has 1 saturated carbocycles. The molecule has 2 aliphatic rings. The summed E-state index contributed by atoms with van der Waals surface area (Å²) in [6.45, 7) is 5.94. The number of hydrogen-bond acceptors (Lipinski definition) is 6. The van der Waals surface area contributed by atoms with Gasteiger partial charge >= 0.3 is 0 Å². The molecule has 0 bridgehead atoms. The number of nitriles is 1. The number of rotatable bonds is 5. The molecule has 0 radical (unpaired) electrons. The summed E-state index contributed by atoms with van der Waals surface area (Å²) in [6, 6.07) is 1.12. The van der Waals surface area contributed by atoms with Crippen LogP contribution in [0.15, 0.2) is 6.20 Å². The van der Waals surface area contributed by atoms with Crippen molar-refractivity contribution in [1.82, 2.24) is 25.2 Å². The summed E-state index contributed by atoms with van der Waals surface area (Å²) in [6.07, 6.45) is 6.74. The Morgan fingerprint density at radius 1 is 1.35 bits per heavy atom. The van der Waals surface area contributed by atoms with Gasteiger partial charge in [0.2, 0.25) is 11.8 Å². The number of hydrogen-bond donors (Lipinski definition) is 2. The first-order valence-corrected chi connectivity index (χ1v) is 11.1. The minimum atomic E-state index is -0.736. The number of amides is 2. The van der Waals surface area contributed by atoms with Gasteiger partial charge in [-0.1, -0.05) is 45.2 Å². The summed E-state index contributed by atoms with van der Waals surface area (Å²) in [5.74, 6) is -0.549. The Bertz CT molecular complexity index is 846. The van der Waals surface area contributed by atoms with E-state index in [0.29, 0.717) is 12.1 Å². The Balaban J connectivity index is 1.86. The fraction of sp³-hybridized carbons (Fsp3) is 0.773. The third-order valence-corrected chi connectivity index (χ3v) is 6.55. The van der Waals surface area contributed by atoms with Crippen LogP contribution in [0, 0.1) is 22.2 Å². The number of aromatic nitrogens is 3. The van der Waals surface area contributed by atoms with Crippen LogP contribution < -0.4 is 5.32 Å². The Hall–Kier alpha value is -2.47. The number of carbonyl (C=O) groups is 2. The molecule has 1 aliphatic heterocycles. The second-order valence-electron chi connectivity index (χ2n) is 10.1. The van der Waals surface area contributed by atoms with Crippen LogP contribution in [0.5, 0.6) is 0 Å². The van der Waals surface area contributed by atoms with Crippen LogP contribution >= 0.6 is 0 Å². The van der Waals surface area contributed by atoms with E-state index in [2.05, 4.69) is 21.7 Å². The van der Waals surface area contributed by atoms with E-state index in [4.69, 9.17) is 0 Å². The van der Waals surface area contributed by atoms with E-state index in [1.54, 1.807) is 10.9 Å². The summed E-state index contributed by atoms with van der Waals surface area (Å²) in [5, 5.41) is 31.0. The van der Waals surface area contributed by atoms with Crippen molar-refractivity contribution in [1.29, 1.82) is 5.26 Å². The van der Waals surface area contributed by atoms with Gasteiger partial charge in [-0.25, -0.2) is 4.68 Å². The van der Waals surface area contributed by atoms with Crippen molar-refractivity contribution in [3.63, 3.8) is 0 Å². The molecule has 0 aromatic carbocycles. The van der Waals surface area contributed by atoms with E-state index in [0.717, 1.165) is 32.1 Å². The lowest BCUT2D eigenvalue weighted by Crippen LogP contribution is -2.49. The van der Waals surface area contributed by atoms with Gasteiger partial charge in [-0.15, -0.1) is 5.10 Å². The predicted molar refractivity (Wildman–Crippen MR) is 114 cm³/mol. The molecular formula is C22H34N6O3. The predicted octanol–water partition coefficient (Wildman–Crippen LogP) is 1.59. The number of likely N-dealkylation sites (tertiary alicyclic amines) is 1. The molecule has 31 heavy (non-hydrogen) atoms. The number of β-amino-alcohol motifs (C(OH)–C–C–N with tert-alkyl or cyclic N) is 1. The number of likely N-dealkylation sites (N-methyl/N-ethyl adjacent to an activating group) is 1. The second kappa shape index (κ2) is 8.95. The van der Waals surface area contributed by atoms with E-state index in [1.165, 1.54) is 11.9 Å². The molecule has 2 N–H and O–H groups in total. The van der Waals surface area contributed by atoms with Crippen molar-refractivity contribution in [2.45, 2.75) is 83.9 Å². The molecule has 0 spiro atoms. The van der Waals surface area contributed by atoms with Crippen LogP contribution in [0.3, 0.4) is 0 Å². The average Bonchev–Trinajstić information content (AvgIpc) is 3.33. The molecule has 2 fully saturated rings. The third-order valence-electron chi connectivity index (χ3n) is 6.55. The van der Waals surface area contributed by atoms with Gasteiger partial charge in [0.15, 0.2) is 0 Å². The van der Waals surface area contributed by atoms with Gasteiger partial charge in [0, 0.05) is 32.6 Å². The summed E-state index contributed by atoms with van der Waals surface area (Å²) in [5.41, 5.74) is -0.209. The van der Waals surface area contributed by atoms with Crippen LogP contribution in [0.2, 0.25) is 0 Å². The lowest BCUT2D eigenvalue weighted by Gasteiger charge is -2.34. The van der Waals surface area contributed by atoms with Crippen molar-refractivity contribution in [2.24, 2.45) is 10.8 Å². The van der Waals surface area contributed by atoms with Crippen LogP contribution in [0.25, 0.3) is 0 Å². The molecule has 2 unspecified atom stereocenters. The Kier molecular flexibility index (Phi) is 6.70. The maximum Gasteiger partial charge on any atom is 0.248 e. The third kappa shape index (κ3) is 4.90. The van der Waals surface area contributed by atoms with Gasteiger partial charge in [-0.3, -0.25) is 9.59 Å². The standard InChI is InChI=1S/C22H34N6O3/c1-21(2,3)18(20(31)27-13-16(29)10-17(27)19(30)24-4)28-12-15(25-26-28)11-22(14-23)8-6-5-7-9-22/h12,16-18,29H,5-11,13H2,1-4H3,(H,24,30)/t16?,17?,18-/m1/s1. The Morgan fingerprint density at radius 3 is 2.61 bits per heavy atom. The van der Waals surface area contributed by atoms with Gasteiger partial charge in [0.1, 0.15) is 12.1 Å². The summed E-state index contributed by atoms with van der Waals surface area (Å²) in [4.78, 5) is 27.3. The molecular weight excluding hydrogens is 396 g/mol. The molecule has 1 aromatic rings. The van der Waals surface area contributed by atoms with E-state index in [1.807, 2.05) is 20.8 Å². The first-order chi connectivity index (χ1) is 14.6. The highest BCUT2D eigenvalue weighted by Gasteiger charge is 2.45. The number of carbonyl (C=O) groups excluding carboxylic acids is 2. The highest BCUT2D eigenvalue weighted by Crippen LogP contribution is 2.39. The minimum Gasteiger partial charge on any atom is -0.391 e. The zero-order valence-corrected chi connectivity index (χ0v) is 19.0. The highest BCUT2D eigenvalue weighted by molar-refractivity contribution is 5.90. The summed E-state index contributed by atoms with van der Waals surface area (Å²) < 4.78 is 1.57. The van der Waals surface area contributed by atoms with E-state index in [-0.39, 0.29) is 24.8 Å². The molecule has 2 heterocycles. The number of nitrogens with one attached hydrogen (secondary N) is 1. The van der Waals surface area contributed by atoms with Crippen molar-refractivity contribution >= 4 is 11.8 Å². The molecule has 9 nitrogen and oxygen atoms in total. The number of aliphatic hydroxyl groups excluding tert-OH is 1. The number of nitrogens with zero attached hydrogens (tertiary/aromatic N) is 5. The molecule has 170 valence electrons. The average molecular weight is 431 g/mol. The zero-order chi connectivity index (χ0) is 22.8. The van der Waals surface area contributed by atoms with Crippen molar-refractivity contribution < 1.29 is 14.7 Å². The minimum absolute atomic E-state index is 0.114. The van der Waals surface area contributed by atoms with Crippen LogP contribution in [-0.4, -0.2) is 62.6 Å². The largest absolute Gasteiger partial charge is 0.391 e. The monoisotopic (exact) mass is 430 g/mol. The molecule has 1 aliphatic carbocycles. The fourth-order valence-corrected chi connectivity index (χ4v) is 4.93. The smallest absolute Gasteiger partial charge is 0.248 e. The van der Waals surface area contributed by atoms with E-state index in [9.17, 15) is 20.0 Å². The molecule has 2 amide bonds. The van der Waals surface area contributed by atoms with Gasteiger partial charge in [0.05, 0.1) is 23.3 Å². The first-order valence-electron chi connectivity index (χ1n) is 11.1. The summed E-state index contributed by atoms with van der Waals surface area (Å²) in [7, 11) is 1.52. The Morgan fingerprint density at radius 2 is 2.03 bits per heavy atom. The maximum absolute atomic E-state index is 13.6. The van der Waals surface area contributed by atoms with Crippen molar-refractivity contribution in [3.8, 4) is 6.07 Å². The quantitative estimate of drug-likeness (QED) is 0.731. The van der Waals surface area contributed by atoms with Crippen molar-refractivity contribution in [2.75, 3.05) is 13.6 Å². The second-order valence-corrected chi connectivity index (χ2v) is 10.1. The molecule has 3 atom stereocenters. The SMILES string of the molecule is CNC(=O)C1CC(O)CN1C(=O)[C@@H](n1cc(CC2(C#N)CCCCC2)nn1)C(C)(C)C. The zero-order valence-electron chi connectivity index (χ0n) is 19.0. The lowest BCUT2D eigenvalue weighted by atomic mass is 9.72. The van der Waals surface area contributed by atoms with Gasteiger partial charge in [0.25, 0.3) is 0 Å². The lowest BCUT2D eigenvalue weighted by molar-refractivity contribution is -0.144. The highest BCUT2D eigenvalue weighted by atomic mass is 16.3. The van der Waals surface area contributed by atoms with E-state index < -0.39 is 29.0 Å². The number of aliphatic hydroxyl groups is 1. The molecule has 1 saturated heterocycles. The first kappa shape index (κ1) is 23.2. The van der Waals surface area contributed by atoms with Crippen LogP contribution in [-0.2, 0) is 16.0 Å². The van der Waals surface area contributed by atoms with Gasteiger partial charge < -0.3 is 15.3 Å². The molecule has 3 rings (SSSR count). The van der Waals surface area contributed by atoms with Gasteiger partial charge in [-0.05, 0) is 18.3 Å². The van der Waals surface area contributed by atoms with Crippen molar-refractivity contribution in [3.05, 3.63) is 11.9 Å². The maximum atomic E-state index is 13.6. The van der Waals surface area contributed by atoms with Gasteiger partial charge in [-0.2, -0.15) is 5.26 Å². The van der Waals surface area contributed by atoms with E-state index >= 15 is 0 Å². The molecule has 9 heteroatoms.